The summed E-state index contributed by atoms with van der Waals surface area (Å²) in [7, 11) is 0. The number of aliphatic carboxylic acids is 2. The van der Waals surface area contributed by atoms with Crippen LogP contribution in [0.4, 0.5) is 0 Å². The molecule has 0 aromatic heterocycles. The third-order valence-electron chi connectivity index (χ3n) is 23.6. The molecule has 148 heavy (non-hydrogen) atoms. The SMILES string of the molecule is CC(=O)NC1C(OC2C(CO)OC(OC3C(CO)OC(OC4C(CO)OC(O)C(NC(C)=O)C4OC(C)C(=O)NC(C)C(=O)NC(CCC(=O)NC(CCCCNC(=O)C(C)NC(=O)C(C)N)C(=O)NC(C)C(=O)O)C(N)=O)C(NC(C)=O)C3O)C(NC(C)=O)C2OC(C)C(=O)NC(C)C(=O)NC(CCC(=O)NC(CCCCNC(=O)C(C)NC(=O)C(C)N)C(=O)NC(C)C(=O)NC(C)C(=O)O)C(N)=O)OC(CO)C(O)C1O. The van der Waals surface area contributed by atoms with Crippen LogP contribution in [0.1, 0.15) is 168 Å². The van der Waals surface area contributed by atoms with Gasteiger partial charge in [0.15, 0.2) is 25.2 Å². The van der Waals surface area contributed by atoms with E-state index in [4.69, 9.17) is 65.6 Å². The molecule has 0 aliphatic carbocycles. The molecule has 840 valence electrons. The molecule has 0 aromatic rings. The van der Waals surface area contributed by atoms with Crippen LogP contribution in [0.5, 0.6) is 0 Å². The summed E-state index contributed by atoms with van der Waals surface area (Å²) in [6, 6.07) is -25.1. The summed E-state index contributed by atoms with van der Waals surface area (Å²) in [5, 5.41) is 150. The number of carbonyl (C=O) groups excluding carboxylic acids is 19. The van der Waals surface area contributed by atoms with E-state index < -0.39 is 390 Å². The number of primary amides is 2. The smallest absolute Gasteiger partial charge is 0.325 e. The van der Waals surface area contributed by atoms with Crippen molar-refractivity contribution in [3.63, 3.8) is 0 Å². The van der Waals surface area contributed by atoms with Gasteiger partial charge in [0, 0.05) is 53.6 Å². The van der Waals surface area contributed by atoms with Gasteiger partial charge in [0.1, 0.15) is 176 Å². The normalized spacial score (nSPS) is 26.7. The van der Waals surface area contributed by atoms with Crippen LogP contribution in [0, 0.1) is 0 Å². The molecule has 35 atom stereocenters. The molecule has 4 saturated heterocycles. The highest BCUT2D eigenvalue weighted by Crippen LogP contribution is 2.37. The van der Waals surface area contributed by atoms with Crippen molar-refractivity contribution in [3.8, 4) is 0 Å². The van der Waals surface area contributed by atoms with E-state index in [2.05, 4.69) is 90.4 Å². The quantitative estimate of drug-likeness (QED) is 0.0251. The number of carboxylic acids is 2. The topological polar surface area (TPSA) is 952 Å². The molecule has 0 bridgehead atoms. The van der Waals surface area contributed by atoms with Crippen molar-refractivity contribution >= 4 is 124 Å². The third-order valence-corrected chi connectivity index (χ3v) is 23.6. The average molecular weight is 2130 g/mol. The largest absolute Gasteiger partial charge is 0.480 e. The number of hydrogen-bond donors (Lipinski definition) is 31. The van der Waals surface area contributed by atoms with Crippen LogP contribution in [0.15, 0.2) is 0 Å². The highest BCUT2D eigenvalue weighted by atomic mass is 16.8. The molecular weight excluding hydrogens is 1980 g/mol. The Hall–Kier alpha value is -11.9. The number of nitrogens with one attached hydrogen (secondary N) is 17. The lowest BCUT2D eigenvalue weighted by molar-refractivity contribution is -0.365. The molecule has 4 rings (SSSR count). The number of aliphatic hydroxyl groups is 8. The van der Waals surface area contributed by atoms with Crippen LogP contribution in [0.25, 0.3) is 0 Å². The van der Waals surface area contributed by atoms with Gasteiger partial charge in [-0.25, -0.2) is 0 Å². The minimum Gasteiger partial charge on any atom is -0.480 e. The minimum absolute atomic E-state index is 0.00202. The first-order chi connectivity index (χ1) is 69.2. The Morgan fingerprint density at radius 1 is 0.304 bits per heavy atom. The maximum absolute atomic E-state index is 14.6. The number of nitrogens with two attached hydrogens (primary N) is 4. The molecule has 0 spiro atoms. The van der Waals surface area contributed by atoms with Crippen LogP contribution in [0.3, 0.4) is 0 Å². The van der Waals surface area contributed by atoms with Crippen molar-refractivity contribution in [1.82, 2.24) is 90.4 Å². The van der Waals surface area contributed by atoms with E-state index in [0.29, 0.717) is 0 Å². The Morgan fingerprint density at radius 3 is 0.966 bits per heavy atom. The summed E-state index contributed by atoms with van der Waals surface area (Å²) in [6.45, 7) is 12.8. The number of unbranched alkanes of at least 4 members (excludes halogenated alkanes) is 2. The number of rotatable bonds is 60. The van der Waals surface area contributed by atoms with Crippen molar-refractivity contribution in [2.24, 2.45) is 22.9 Å². The van der Waals surface area contributed by atoms with Crippen LogP contribution >= 0.6 is 0 Å². The van der Waals surface area contributed by atoms with Gasteiger partial charge in [0.05, 0.1) is 38.5 Å². The Kier molecular flexibility index (Phi) is 53.7. The van der Waals surface area contributed by atoms with E-state index in [1.54, 1.807) is 0 Å². The van der Waals surface area contributed by atoms with Crippen molar-refractivity contribution < 1.29 is 194 Å². The van der Waals surface area contributed by atoms with Crippen LogP contribution < -0.4 is 113 Å². The summed E-state index contributed by atoms with van der Waals surface area (Å²) >= 11 is 0. The second kappa shape index (κ2) is 61.9. The fraction of sp³-hybridized carbons (Fsp3) is 0.759. The number of hydrogen-bond acceptors (Lipinski definition) is 40. The highest BCUT2D eigenvalue weighted by Gasteiger charge is 2.59. The summed E-state index contributed by atoms with van der Waals surface area (Å²) in [5.41, 5.74) is 22.5. The fourth-order valence-electron chi connectivity index (χ4n) is 15.3. The van der Waals surface area contributed by atoms with Gasteiger partial charge in [0.2, 0.25) is 112 Å². The number of amides is 19. The molecule has 4 aliphatic rings. The maximum atomic E-state index is 14.6. The molecule has 61 nitrogen and oxygen atoms in total. The van der Waals surface area contributed by atoms with Gasteiger partial charge in [-0.05, 0) is 128 Å². The van der Waals surface area contributed by atoms with Crippen molar-refractivity contribution in [3.05, 3.63) is 0 Å². The Labute approximate surface area is 849 Å². The standard InChI is InChI=1S/C87H147N21O40/c1-32(88)71(124)94-34(3)73(126)92-26-18-16-20-49(80(133)98-36(5)75(128)99-39(8)82(135)136)105-55(117)24-22-47(69(90)122)108-77(130)38(7)97-79(132)42(11)141-68-60(104-46(15)116)87(145-54(31-112)66(68)148-85-57(101-43(12)113)62(120)61(119)51(28-109)143-85)146-64-52(29-110)144-86(58(63(64)121)102-44(13)114)147-65-53(30-111)142-84(139)59(103-45(14)115)67(65)140-41(10)78(131)96-37(6)76(129)107-48(70(91)123)23-25-56(118)106-50(81(134)100-40(9)83(137)138)21-17-19-27-93-74(127)35(4)95-72(125)33(2)89/h32-42,47-54,57-68,84-87,109-112,119-121,139H,16-31,88-89H2,1-15H3,(H2,90,122)(H2,91,123)(H,92,126)(H,93,127)(H,94,124)(H,95,125)(H,96,131)(H,97,132)(H,98,133)(H,99,128)(H,100,134)(H,101,113)(H,102,114)(H,103,115)(H,104,116)(H,105,117)(H,106,118)(H,107,129)(H,108,130)(H,135,136)(H,137,138). The zero-order chi connectivity index (χ0) is 112. The van der Waals surface area contributed by atoms with Crippen LogP contribution in [-0.4, -0.2) is 428 Å². The third kappa shape index (κ3) is 40.5. The Bertz CT molecular complexity index is 4530. The average Bonchev–Trinajstić information content (AvgIpc) is 0.757. The van der Waals surface area contributed by atoms with Gasteiger partial charge >= 0.3 is 11.9 Å². The lowest BCUT2D eigenvalue weighted by Crippen LogP contribution is -2.72. The fourth-order valence-corrected chi connectivity index (χ4v) is 15.3. The molecule has 4 aliphatic heterocycles. The zero-order valence-electron chi connectivity index (χ0n) is 84.5. The van der Waals surface area contributed by atoms with E-state index in [9.17, 15) is 152 Å². The Balaban J connectivity index is 1.66. The number of carboxylic acid groups (broad SMARTS) is 2. The van der Waals surface area contributed by atoms with Crippen LogP contribution in [-0.2, 0) is 143 Å². The number of carbonyl (C=O) groups is 21. The van der Waals surface area contributed by atoms with Crippen molar-refractivity contribution in [2.45, 2.75) is 381 Å². The molecule has 61 heteroatoms. The Morgan fingerprint density at radius 2 is 0.601 bits per heavy atom. The van der Waals surface area contributed by atoms with Gasteiger partial charge in [0.25, 0.3) is 0 Å². The van der Waals surface area contributed by atoms with E-state index in [1.165, 1.54) is 34.6 Å². The van der Waals surface area contributed by atoms with E-state index in [1.807, 2.05) is 0 Å². The molecule has 0 saturated carbocycles. The molecular formula is C87H147N21O40. The second-order valence-electron chi connectivity index (χ2n) is 36.3. The van der Waals surface area contributed by atoms with Gasteiger partial charge < -0.3 is 207 Å². The monoisotopic (exact) mass is 2130 g/mol. The first-order valence-electron chi connectivity index (χ1n) is 47.8. The molecule has 0 aromatic carbocycles. The molecule has 4 fully saturated rings. The first kappa shape index (κ1) is 128. The van der Waals surface area contributed by atoms with Gasteiger partial charge in [-0.3, -0.25) is 101 Å². The van der Waals surface area contributed by atoms with Gasteiger partial charge in [-0.2, -0.15) is 0 Å². The number of ether oxygens (including phenoxy) is 9. The summed E-state index contributed by atoms with van der Waals surface area (Å²) < 4.78 is 56.0. The van der Waals surface area contributed by atoms with Crippen molar-refractivity contribution in [1.29, 1.82) is 0 Å². The molecule has 4 heterocycles. The van der Waals surface area contributed by atoms with E-state index in [-0.39, 0.29) is 51.6 Å². The zero-order valence-corrected chi connectivity index (χ0v) is 84.5. The first-order valence-corrected chi connectivity index (χ1v) is 47.8. The number of aliphatic hydroxyl groups excluding tert-OH is 8. The predicted molar refractivity (Wildman–Crippen MR) is 501 cm³/mol. The highest BCUT2D eigenvalue weighted by molar-refractivity contribution is 5.97. The predicted octanol–water partition coefficient (Wildman–Crippen LogP) is -15.9. The summed E-state index contributed by atoms with van der Waals surface area (Å²) in [5.74, 6) is -20.6. The van der Waals surface area contributed by atoms with Crippen molar-refractivity contribution in [2.75, 3.05) is 39.5 Å². The molecule has 19 amide bonds. The van der Waals surface area contributed by atoms with Crippen LogP contribution in [0.2, 0.25) is 0 Å². The molecule has 0 radical (unpaired) electrons. The maximum Gasteiger partial charge on any atom is 0.325 e. The van der Waals surface area contributed by atoms with E-state index >= 15 is 0 Å². The summed E-state index contributed by atoms with van der Waals surface area (Å²) in [4.78, 5) is 275. The molecule has 35 N–H and O–H groups in total. The summed E-state index contributed by atoms with van der Waals surface area (Å²) in [6.07, 6.45) is -38.2. The van der Waals surface area contributed by atoms with E-state index in [0.717, 1.165) is 69.2 Å². The lowest BCUT2D eigenvalue weighted by atomic mass is 9.92. The second-order valence-corrected chi connectivity index (χ2v) is 36.3. The minimum atomic E-state index is -2.30. The molecule has 35 unspecified atom stereocenters. The van der Waals surface area contributed by atoms with Gasteiger partial charge in [-0.15, -0.1) is 0 Å². The lowest BCUT2D eigenvalue weighted by Gasteiger charge is -2.52. The van der Waals surface area contributed by atoms with Gasteiger partial charge in [-0.1, -0.05) is 0 Å².